The van der Waals surface area contributed by atoms with E-state index in [1.54, 1.807) is 32.2 Å². The molecule has 0 aromatic heterocycles. The number of aromatic hydroxyl groups is 1. The van der Waals surface area contributed by atoms with Crippen LogP contribution in [-0.2, 0) is 33.3 Å². The van der Waals surface area contributed by atoms with Gasteiger partial charge in [-0.05, 0) is 56.7 Å². The van der Waals surface area contributed by atoms with E-state index in [1.165, 1.54) is 6.92 Å². The number of rotatable bonds is 7. The quantitative estimate of drug-likeness (QED) is 0.394. The fraction of sp³-hybridized carbons (Fsp3) is 0.688. The number of hydrogen-bond acceptors (Lipinski definition) is 10. The van der Waals surface area contributed by atoms with Gasteiger partial charge in [-0.2, -0.15) is 0 Å². The number of cyclic esters (lactones) is 1. The van der Waals surface area contributed by atoms with Crippen LogP contribution in [0, 0.1) is 17.3 Å². The summed E-state index contributed by atoms with van der Waals surface area (Å²) in [5.41, 5.74) is -1.37. The second kappa shape index (κ2) is 12.1. The fourth-order valence-electron chi connectivity index (χ4n) is 6.72. The maximum absolute atomic E-state index is 13.1. The number of fused-ring (bicyclic) bond motifs is 2. The third-order valence-electron chi connectivity index (χ3n) is 9.20. The molecule has 3 heterocycles. The lowest BCUT2D eigenvalue weighted by atomic mass is 9.66. The molecular formula is C32H46O10. The molecule has 1 aromatic rings. The van der Waals surface area contributed by atoms with Gasteiger partial charge >= 0.3 is 11.9 Å². The minimum absolute atomic E-state index is 0.00565. The number of esters is 2. The van der Waals surface area contributed by atoms with Crippen molar-refractivity contribution in [3.05, 3.63) is 41.7 Å². The summed E-state index contributed by atoms with van der Waals surface area (Å²) in [4.78, 5) is 26.0. The van der Waals surface area contributed by atoms with Gasteiger partial charge in [0.1, 0.15) is 29.3 Å². The van der Waals surface area contributed by atoms with E-state index >= 15 is 0 Å². The lowest BCUT2D eigenvalue weighted by Crippen LogP contribution is -2.65. The zero-order chi connectivity index (χ0) is 31.0. The number of hydrogen-bond donors (Lipinski definition) is 3. The van der Waals surface area contributed by atoms with Crippen LogP contribution in [0.5, 0.6) is 5.75 Å². The molecule has 3 bridgehead atoms. The largest absolute Gasteiger partial charge is 0.508 e. The van der Waals surface area contributed by atoms with Gasteiger partial charge in [-0.1, -0.05) is 39.8 Å². The molecule has 0 unspecified atom stereocenters. The number of phenolic OH excluding ortho intramolecular Hbond substituents is 1. The van der Waals surface area contributed by atoms with Crippen molar-refractivity contribution in [1.82, 2.24) is 0 Å². The molecule has 3 aliphatic heterocycles. The van der Waals surface area contributed by atoms with Gasteiger partial charge in [0.05, 0.1) is 37.2 Å². The fourth-order valence-corrected chi connectivity index (χ4v) is 6.72. The van der Waals surface area contributed by atoms with Crippen molar-refractivity contribution in [3.8, 4) is 5.75 Å². The van der Waals surface area contributed by atoms with Crippen LogP contribution in [0.2, 0.25) is 0 Å². The Bertz CT molecular complexity index is 1170. The van der Waals surface area contributed by atoms with Crippen molar-refractivity contribution in [2.24, 2.45) is 17.3 Å². The smallest absolute Gasteiger partial charge is 0.334 e. The van der Waals surface area contributed by atoms with E-state index in [0.717, 1.165) is 11.6 Å². The Balaban J connectivity index is 1.68. The average Bonchev–Trinajstić information content (AvgIpc) is 2.88. The Kier molecular flexibility index (Phi) is 9.33. The Hall–Kier alpha value is -2.66. The van der Waals surface area contributed by atoms with E-state index in [-0.39, 0.29) is 48.7 Å². The van der Waals surface area contributed by atoms with E-state index in [2.05, 4.69) is 6.92 Å². The molecule has 1 spiro atoms. The molecule has 4 rings (SSSR count). The summed E-state index contributed by atoms with van der Waals surface area (Å²) in [6, 6.07) is 7.00. The van der Waals surface area contributed by atoms with Gasteiger partial charge in [-0.3, -0.25) is 4.79 Å². The van der Waals surface area contributed by atoms with Crippen LogP contribution in [0.4, 0.5) is 0 Å². The second-order valence-electron chi connectivity index (χ2n) is 13.2. The van der Waals surface area contributed by atoms with Crippen molar-refractivity contribution < 1.29 is 48.6 Å². The molecule has 9 atom stereocenters. The number of aliphatic hydroxyl groups is 2. The van der Waals surface area contributed by atoms with Gasteiger partial charge in [0.15, 0.2) is 0 Å². The van der Waals surface area contributed by atoms with Gasteiger partial charge < -0.3 is 39.0 Å². The van der Waals surface area contributed by atoms with Crippen LogP contribution < -0.4 is 0 Å². The summed E-state index contributed by atoms with van der Waals surface area (Å²) in [6.07, 6.45) is -0.974. The molecule has 234 valence electrons. The molecule has 10 heteroatoms. The van der Waals surface area contributed by atoms with Crippen LogP contribution in [0.3, 0.4) is 0 Å². The molecule has 2 fully saturated rings. The summed E-state index contributed by atoms with van der Waals surface area (Å²) in [5, 5.41) is 31.5. The number of aliphatic hydroxyl groups excluding tert-OH is 1. The van der Waals surface area contributed by atoms with Crippen LogP contribution in [0.1, 0.15) is 85.3 Å². The lowest BCUT2D eigenvalue weighted by molar-refractivity contribution is -0.371. The normalized spacial score (nSPS) is 36.5. The molecule has 10 nitrogen and oxygen atoms in total. The van der Waals surface area contributed by atoms with Gasteiger partial charge in [0.2, 0.25) is 5.79 Å². The molecule has 3 aliphatic rings. The number of phenols is 1. The molecule has 0 radical (unpaired) electrons. The van der Waals surface area contributed by atoms with Crippen LogP contribution in [-0.4, -0.2) is 70.2 Å². The topological polar surface area (TPSA) is 141 Å². The standard InChI is InChI=1S/C32H46O10/c1-18(11-12-23(38-7)21-9-8-10-22(34)13-21)29-19(2)25-16-32(42-29)30(4,5)17-31(6,37)26(41-32)15-28(36)39-24(20(3)33)14-27(35)40-25/h8-10,13,15,18-20,23-25,29,33-34,37H,11-12,14,16-17H2,1-7H3/b26-15-/t18-,19-,20+,23-,24+,25-,29+,31-,32-/m0/s1. The van der Waals surface area contributed by atoms with Crippen LogP contribution in [0.25, 0.3) is 0 Å². The molecule has 2 saturated heterocycles. The summed E-state index contributed by atoms with van der Waals surface area (Å²) < 4.78 is 30.5. The SMILES string of the molecule is CO[C@@H](CC[C@H](C)[C@H]1O[C@]23C[C@H](OC(=O)C[C@H]([C@@H](C)O)OC(=O)/C=C(\O2)[C@@](C)(O)CC3(C)C)[C@@H]1C)c1cccc(O)c1. The minimum atomic E-state index is -1.50. The van der Waals surface area contributed by atoms with Crippen molar-refractivity contribution in [1.29, 1.82) is 0 Å². The summed E-state index contributed by atoms with van der Waals surface area (Å²) in [5.74, 6) is -2.83. The van der Waals surface area contributed by atoms with Crippen molar-refractivity contribution in [3.63, 3.8) is 0 Å². The van der Waals surface area contributed by atoms with Crippen molar-refractivity contribution in [2.75, 3.05) is 7.11 Å². The van der Waals surface area contributed by atoms with Crippen LogP contribution >= 0.6 is 0 Å². The first-order chi connectivity index (χ1) is 19.6. The van der Waals surface area contributed by atoms with Crippen LogP contribution in [0.15, 0.2) is 36.1 Å². The van der Waals surface area contributed by atoms with E-state index in [4.69, 9.17) is 23.7 Å². The number of methoxy groups -OCH3 is 1. The maximum Gasteiger partial charge on any atom is 0.334 e. The predicted molar refractivity (Wildman–Crippen MR) is 152 cm³/mol. The Labute approximate surface area is 247 Å². The lowest BCUT2D eigenvalue weighted by Gasteiger charge is -2.59. The molecule has 42 heavy (non-hydrogen) atoms. The first-order valence-corrected chi connectivity index (χ1v) is 14.8. The second-order valence-corrected chi connectivity index (χ2v) is 13.2. The Morgan fingerprint density at radius 3 is 2.48 bits per heavy atom. The average molecular weight is 591 g/mol. The third-order valence-corrected chi connectivity index (χ3v) is 9.20. The zero-order valence-electron chi connectivity index (χ0n) is 25.7. The van der Waals surface area contributed by atoms with Gasteiger partial charge in [-0.15, -0.1) is 0 Å². The zero-order valence-corrected chi connectivity index (χ0v) is 25.7. The molecule has 3 N–H and O–H groups in total. The highest BCUT2D eigenvalue weighted by Gasteiger charge is 2.63. The number of ether oxygens (including phenoxy) is 5. The van der Waals surface area contributed by atoms with E-state index in [9.17, 15) is 24.9 Å². The summed E-state index contributed by atoms with van der Waals surface area (Å²) in [6.45, 7) is 10.9. The summed E-state index contributed by atoms with van der Waals surface area (Å²) in [7, 11) is 1.64. The highest BCUT2D eigenvalue weighted by atomic mass is 16.7. The highest BCUT2D eigenvalue weighted by Crippen LogP contribution is 2.56. The van der Waals surface area contributed by atoms with Crippen molar-refractivity contribution >= 4 is 11.9 Å². The van der Waals surface area contributed by atoms with E-state index in [1.807, 2.05) is 26.8 Å². The Morgan fingerprint density at radius 2 is 1.83 bits per heavy atom. The van der Waals surface area contributed by atoms with E-state index < -0.39 is 53.2 Å². The molecule has 1 aromatic carbocycles. The molecule has 0 amide bonds. The minimum Gasteiger partial charge on any atom is -0.508 e. The number of carbonyl (C=O) groups is 2. The van der Waals surface area contributed by atoms with E-state index in [0.29, 0.717) is 12.8 Å². The third kappa shape index (κ3) is 6.61. The summed E-state index contributed by atoms with van der Waals surface area (Å²) >= 11 is 0. The van der Waals surface area contributed by atoms with Crippen molar-refractivity contribution in [2.45, 2.75) is 116 Å². The first kappa shape index (κ1) is 32.3. The maximum atomic E-state index is 13.1. The molecule has 0 aliphatic carbocycles. The number of carbonyl (C=O) groups excluding carboxylic acids is 2. The monoisotopic (exact) mass is 590 g/mol. The van der Waals surface area contributed by atoms with Gasteiger partial charge in [0, 0.05) is 18.4 Å². The van der Waals surface area contributed by atoms with Gasteiger partial charge in [0.25, 0.3) is 0 Å². The molecule has 0 saturated carbocycles. The van der Waals surface area contributed by atoms with Gasteiger partial charge in [-0.25, -0.2) is 4.79 Å². The predicted octanol–water partition coefficient (Wildman–Crippen LogP) is 4.31. The Morgan fingerprint density at radius 1 is 1.12 bits per heavy atom. The highest BCUT2D eigenvalue weighted by molar-refractivity contribution is 5.83. The molecular weight excluding hydrogens is 544 g/mol. The first-order valence-electron chi connectivity index (χ1n) is 14.8. The number of benzene rings is 1.